The molecule has 0 aromatic heterocycles. The fourth-order valence-electron chi connectivity index (χ4n) is 0.0607. The lowest BCUT2D eigenvalue weighted by Gasteiger charge is -2.12. The van der Waals surface area contributed by atoms with Gasteiger partial charge in [0.05, 0.1) is 5.41 Å². The third-order valence-corrected chi connectivity index (χ3v) is 0.949. The molecule has 3 heteroatoms. The van der Waals surface area contributed by atoms with Crippen molar-refractivity contribution in [1.82, 2.24) is 5.73 Å². The molecule has 0 saturated carbocycles. The Bertz CT molecular complexity index is 101. The number of hydrogen-bond donors (Lipinski definition) is 0. The zero-order valence-corrected chi connectivity index (χ0v) is 4.99. The molecule has 2 nitrogen and oxygen atoms in total. The van der Waals surface area contributed by atoms with Crippen molar-refractivity contribution in [2.75, 3.05) is 6.67 Å². The number of carbonyl (C=O) groups excluding carboxylic acids is 1. The maximum absolute atomic E-state index is 11.7. The highest BCUT2D eigenvalue weighted by Crippen LogP contribution is 2.13. The molecule has 0 aliphatic heterocycles. The van der Waals surface area contributed by atoms with Crippen LogP contribution in [0.5, 0.6) is 0 Å². The van der Waals surface area contributed by atoms with Crippen molar-refractivity contribution < 1.29 is 9.18 Å². The van der Waals surface area contributed by atoms with Gasteiger partial charge in [-0.3, -0.25) is 10.5 Å². The number of halogens is 1. The van der Waals surface area contributed by atoms with Gasteiger partial charge < -0.3 is 0 Å². The minimum absolute atomic E-state index is 0.755. The Morgan fingerprint density at radius 3 is 2.12 bits per heavy atom. The normalized spacial score (nSPS) is 11.4. The summed E-state index contributed by atoms with van der Waals surface area (Å²) >= 11 is 0. The maximum Gasteiger partial charge on any atom is 0.246 e. The van der Waals surface area contributed by atoms with E-state index in [2.05, 4.69) is 0 Å². The van der Waals surface area contributed by atoms with Crippen molar-refractivity contribution in [3.8, 4) is 0 Å². The monoisotopic (exact) mass is 118 g/mol. The van der Waals surface area contributed by atoms with E-state index < -0.39 is 18.0 Å². The molecule has 8 heavy (non-hydrogen) atoms. The highest BCUT2D eigenvalue weighted by atomic mass is 19.1. The number of carbonyl (C=O) groups is 1. The zero-order chi connectivity index (χ0) is 6.78. The summed E-state index contributed by atoms with van der Waals surface area (Å²) < 4.78 is 11.7. The average Bonchev–Trinajstić information content (AvgIpc) is 1.67. The van der Waals surface area contributed by atoms with Crippen LogP contribution >= 0.6 is 0 Å². The van der Waals surface area contributed by atoms with E-state index in [9.17, 15) is 9.18 Å². The summed E-state index contributed by atoms with van der Waals surface area (Å²) in [6.45, 7) is 2.06. The van der Waals surface area contributed by atoms with Crippen LogP contribution in [0.3, 0.4) is 0 Å². The summed E-state index contributed by atoms with van der Waals surface area (Å²) in [5, 5.41) is 0. The Labute approximate surface area is 47.9 Å². The standard InChI is InChI=1S/C5H9FNO/c1-5(2,3-6)4(7)8/h7H,3H2,1-2H3. The lowest BCUT2D eigenvalue weighted by Crippen LogP contribution is -2.26. The third kappa shape index (κ3) is 1.48. The molecule has 0 aliphatic rings. The molecule has 0 atom stereocenters. The maximum atomic E-state index is 11.7. The molecule has 0 saturated heterocycles. The van der Waals surface area contributed by atoms with Gasteiger partial charge in [-0.25, -0.2) is 4.39 Å². The Morgan fingerprint density at radius 1 is 1.75 bits per heavy atom. The van der Waals surface area contributed by atoms with Crippen LogP contribution in [-0.4, -0.2) is 12.6 Å². The predicted molar refractivity (Wildman–Crippen MR) is 27.9 cm³/mol. The van der Waals surface area contributed by atoms with E-state index >= 15 is 0 Å². The van der Waals surface area contributed by atoms with Crippen molar-refractivity contribution >= 4 is 5.91 Å². The van der Waals surface area contributed by atoms with Crippen LogP contribution in [-0.2, 0) is 4.79 Å². The van der Waals surface area contributed by atoms with E-state index in [-0.39, 0.29) is 0 Å². The molecular weight excluding hydrogens is 109 g/mol. The zero-order valence-electron chi connectivity index (χ0n) is 4.99. The van der Waals surface area contributed by atoms with Crippen molar-refractivity contribution in [3.05, 3.63) is 0 Å². The predicted octanol–water partition coefficient (Wildman–Crippen LogP) is 0.792. The first-order chi connectivity index (χ1) is 3.50. The Balaban J connectivity index is 3.91. The van der Waals surface area contributed by atoms with Gasteiger partial charge in [-0.05, 0) is 13.8 Å². The smallest absolute Gasteiger partial charge is 0.246 e. The summed E-state index contributed by atoms with van der Waals surface area (Å²) in [6.07, 6.45) is 0. The Kier molecular flexibility index (Phi) is 1.95. The highest BCUT2D eigenvalue weighted by molar-refractivity contribution is 5.79. The molecule has 0 aromatic rings. The largest absolute Gasteiger partial charge is 0.273 e. The first kappa shape index (κ1) is 7.40. The SMILES string of the molecule is CC(C)(CF)C([NH])=O. The number of amides is 1. The number of nitrogens with one attached hydrogen (secondary N) is 1. The van der Waals surface area contributed by atoms with Crippen molar-refractivity contribution in [3.63, 3.8) is 0 Å². The van der Waals surface area contributed by atoms with Gasteiger partial charge in [-0.1, -0.05) is 0 Å². The highest BCUT2D eigenvalue weighted by Gasteiger charge is 2.24. The van der Waals surface area contributed by atoms with Gasteiger partial charge in [0, 0.05) is 0 Å². The van der Waals surface area contributed by atoms with E-state index in [0.29, 0.717) is 0 Å². The fraction of sp³-hybridized carbons (Fsp3) is 0.800. The lowest BCUT2D eigenvalue weighted by molar-refractivity contribution is -0.127. The van der Waals surface area contributed by atoms with Gasteiger partial charge in [-0.15, -0.1) is 0 Å². The van der Waals surface area contributed by atoms with E-state index in [1.165, 1.54) is 13.8 Å². The average molecular weight is 118 g/mol. The number of hydrogen-bond acceptors (Lipinski definition) is 1. The molecule has 0 fully saturated rings. The lowest BCUT2D eigenvalue weighted by atomic mass is 9.95. The van der Waals surface area contributed by atoms with Crippen LogP contribution in [0, 0.1) is 5.41 Å². The molecule has 0 bridgehead atoms. The molecule has 0 aliphatic carbocycles. The van der Waals surface area contributed by atoms with E-state index in [1.807, 2.05) is 0 Å². The second kappa shape index (κ2) is 2.11. The molecule has 47 valence electrons. The number of alkyl halides is 1. The van der Waals surface area contributed by atoms with Gasteiger partial charge in [0.2, 0.25) is 5.91 Å². The van der Waals surface area contributed by atoms with Crippen LogP contribution in [0.1, 0.15) is 13.8 Å². The minimum Gasteiger partial charge on any atom is -0.273 e. The van der Waals surface area contributed by atoms with Crippen molar-refractivity contribution in [1.29, 1.82) is 0 Å². The molecule has 1 amide bonds. The van der Waals surface area contributed by atoms with E-state index in [0.717, 1.165) is 0 Å². The molecule has 0 spiro atoms. The first-order valence-corrected chi connectivity index (χ1v) is 2.32. The summed E-state index contributed by atoms with van der Waals surface area (Å²) in [6, 6.07) is 0. The Morgan fingerprint density at radius 2 is 2.12 bits per heavy atom. The van der Waals surface area contributed by atoms with Crippen LogP contribution in [0.2, 0.25) is 0 Å². The molecule has 1 N–H and O–H groups in total. The van der Waals surface area contributed by atoms with Crippen molar-refractivity contribution in [2.45, 2.75) is 13.8 Å². The van der Waals surface area contributed by atoms with Crippen LogP contribution < -0.4 is 5.73 Å². The van der Waals surface area contributed by atoms with Crippen LogP contribution in [0.25, 0.3) is 0 Å². The van der Waals surface area contributed by atoms with E-state index in [4.69, 9.17) is 5.73 Å². The third-order valence-electron chi connectivity index (χ3n) is 0.949. The van der Waals surface area contributed by atoms with Crippen molar-refractivity contribution in [2.24, 2.45) is 5.41 Å². The summed E-state index contributed by atoms with van der Waals surface area (Å²) in [5.41, 5.74) is 5.40. The van der Waals surface area contributed by atoms with Gasteiger partial charge >= 0.3 is 0 Å². The quantitative estimate of drug-likeness (QED) is 0.528. The second-order valence-corrected chi connectivity index (χ2v) is 2.35. The summed E-state index contributed by atoms with van der Waals surface area (Å²) in [4.78, 5) is 10.1. The minimum atomic E-state index is -1.10. The summed E-state index contributed by atoms with van der Waals surface area (Å²) in [5.74, 6) is -0.847. The van der Waals surface area contributed by atoms with Gasteiger partial charge in [0.15, 0.2) is 0 Å². The van der Waals surface area contributed by atoms with Crippen LogP contribution in [0.4, 0.5) is 4.39 Å². The van der Waals surface area contributed by atoms with Crippen LogP contribution in [0.15, 0.2) is 0 Å². The fourth-order valence-corrected chi connectivity index (χ4v) is 0.0607. The first-order valence-electron chi connectivity index (χ1n) is 2.32. The molecule has 1 radical (unpaired) electrons. The molecule has 0 heterocycles. The number of rotatable bonds is 2. The van der Waals surface area contributed by atoms with E-state index in [1.54, 1.807) is 0 Å². The summed E-state index contributed by atoms with van der Waals surface area (Å²) in [7, 11) is 0. The van der Waals surface area contributed by atoms with Gasteiger partial charge in [0.1, 0.15) is 6.67 Å². The van der Waals surface area contributed by atoms with Gasteiger partial charge in [-0.2, -0.15) is 0 Å². The Hall–Kier alpha value is -0.600. The molecule has 0 unspecified atom stereocenters. The molecule has 0 aromatic carbocycles. The molecule has 0 rings (SSSR count). The second-order valence-electron chi connectivity index (χ2n) is 2.35. The molecular formula is C5H9FNO. The topological polar surface area (TPSA) is 40.9 Å². The van der Waals surface area contributed by atoms with Gasteiger partial charge in [0.25, 0.3) is 0 Å².